The van der Waals surface area contributed by atoms with Crippen molar-refractivity contribution >= 4 is 11.5 Å². The quantitative estimate of drug-likeness (QED) is 0.525. The maximum atomic E-state index is 5.80. The number of hydrogen-bond donors (Lipinski definition) is 1. The molecule has 2 N–H and O–H groups in total. The number of hydrogen-bond acceptors (Lipinski definition) is 2. The van der Waals surface area contributed by atoms with Gasteiger partial charge in [-0.1, -0.05) is 20.8 Å². The highest BCUT2D eigenvalue weighted by Crippen LogP contribution is 2.17. The molecule has 0 aliphatic carbocycles. The second-order valence-corrected chi connectivity index (χ2v) is 4.12. The smallest absolute Gasteiger partial charge is 0.105 e. The minimum Gasteiger partial charge on any atom is -0.387 e. The lowest BCUT2D eigenvalue weighted by Gasteiger charge is -2.16. The van der Waals surface area contributed by atoms with Crippen LogP contribution in [0.1, 0.15) is 20.8 Å². The van der Waals surface area contributed by atoms with Crippen LogP contribution in [0.5, 0.6) is 0 Å². The van der Waals surface area contributed by atoms with E-state index in [-0.39, 0.29) is 5.41 Å². The molecular formula is C9H16N4. The van der Waals surface area contributed by atoms with Gasteiger partial charge in [-0.2, -0.15) is 5.10 Å². The maximum Gasteiger partial charge on any atom is 0.105 e. The number of nitrogens with zero attached hydrogens (tertiary/aromatic N) is 3. The molecule has 0 saturated carbocycles. The van der Waals surface area contributed by atoms with E-state index in [1.165, 1.54) is 0 Å². The fourth-order valence-electron chi connectivity index (χ4n) is 0.773. The van der Waals surface area contributed by atoms with Crippen LogP contribution in [0.2, 0.25) is 0 Å². The third-order valence-electron chi connectivity index (χ3n) is 1.71. The van der Waals surface area contributed by atoms with Gasteiger partial charge in [0.15, 0.2) is 0 Å². The Hall–Kier alpha value is -1.32. The zero-order valence-corrected chi connectivity index (χ0v) is 8.57. The van der Waals surface area contributed by atoms with E-state index in [2.05, 4.69) is 10.1 Å². The number of amidine groups is 1. The SMILES string of the molecule is Cn1cc(N=C(N)C(C)(C)C)cn1. The fourth-order valence-corrected chi connectivity index (χ4v) is 0.773. The summed E-state index contributed by atoms with van der Waals surface area (Å²) < 4.78 is 1.70. The summed E-state index contributed by atoms with van der Waals surface area (Å²) >= 11 is 0. The molecule has 0 fully saturated rings. The summed E-state index contributed by atoms with van der Waals surface area (Å²) in [7, 11) is 1.85. The summed E-state index contributed by atoms with van der Waals surface area (Å²) in [6.07, 6.45) is 3.52. The summed E-state index contributed by atoms with van der Waals surface area (Å²) in [6, 6.07) is 0. The number of aromatic nitrogens is 2. The molecule has 4 nitrogen and oxygen atoms in total. The van der Waals surface area contributed by atoms with Gasteiger partial charge >= 0.3 is 0 Å². The van der Waals surface area contributed by atoms with E-state index < -0.39 is 0 Å². The molecule has 1 heterocycles. The molecule has 0 spiro atoms. The molecular weight excluding hydrogens is 164 g/mol. The first-order valence-corrected chi connectivity index (χ1v) is 4.23. The van der Waals surface area contributed by atoms with Crippen molar-refractivity contribution in [2.24, 2.45) is 23.2 Å². The van der Waals surface area contributed by atoms with E-state index in [9.17, 15) is 0 Å². The van der Waals surface area contributed by atoms with Gasteiger partial charge in [-0.15, -0.1) is 0 Å². The first-order valence-electron chi connectivity index (χ1n) is 4.23. The normalized spacial score (nSPS) is 13.4. The average Bonchev–Trinajstić information content (AvgIpc) is 2.33. The number of nitrogens with two attached hydrogens (primary N) is 1. The van der Waals surface area contributed by atoms with Gasteiger partial charge in [-0.3, -0.25) is 4.68 Å². The highest BCUT2D eigenvalue weighted by atomic mass is 15.2. The monoisotopic (exact) mass is 180 g/mol. The van der Waals surface area contributed by atoms with E-state index >= 15 is 0 Å². The van der Waals surface area contributed by atoms with Crippen molar-refractivity contribution in [1.29, 1.82) is 0 Å². The minimum atomic E-state index is -0.0875. The molecule has 1 aromatic rings. The fraction of sp³-hybridized carbons (Fsp3) is 0.556. The van der Waals surface area contributed by atoms with Crippen molar-refractivity contribution in [1.82, 2.24) is 9.78 Å². The molecule has 0 aliphatic heterocycles. The summed E-state index contributed by atoms with van der Waals surface area (Å²) in [5, 5.41) is 4.01. The van der Waals surface area contributed by atoms with Gasteiger partial charge in [0.1, 0.15) is 11.5 Å². The molecule has 0 atom stereocenters. The molecule has 0 amide bonds. The summed E-state index contributed by atoms with van der Waals surface area (Å²) in [6.45, 7) is 6.09. The first-order chi connectivity index (χ1) is 5.89. The maximum absolute atomic E-state index is 5.80. The average molecular weight is 180 g/mol. The second-order valence-electron chi connectivity index (χ2n) is 4.12. The van der Waals surface area contributed by atoms with E-state index in [0.717, 1.165) is 5.69 Å². The van der Waals surface area contributed by atoms with Crippen LogP contribution in [0.25, 0.3) is 0 Å². The third kappa shape index (κ3) is 2.57. The van der Waals surface area contributed by atoms with Gasteiger partial charge < -0.3 is 5.73 Å². The highest BCUT2D eigenvalue weighted by molar-refractivity contribution is 5.87. The third-order valence-corrected chi connectivity index (χ3v) is 1.71. The molecule has 0 saturated heterocycles. The van der Waals surface area contributed by atoms with E-state index in [4.69, 9.17) is 5.73 Å². The Morgan fingerprint density at radius 1 is 1.54 bits per heavy atom. The van der Waals surface area contributed by atoms with Crippen LogP contribution in [0, 0.1) is 5.41 Å². The van der Waals surface area contributed by atoms with Gasteiger partial charge in [0, 0.05) is 12.5 Å². The van der Waals surface area contributed by atoms with Crippen molar-refractivity contribution in [2.45, 2.75) is 20.8 Å². The van der Waals surface area contributed by atoms with Crippen molar-refractivity contribution in [2.75, 3.05) is 0 Å². The van der Waals surface area contributed by atoms with E-state index in [1.807, 2.05) is 34.0 Å². The molecule has 0 radical (unpaired) electrons. The van der Waals surface area contributed by atoms with Gasteiger partial charge in [0.2, 0.25) is 0 Å². The Morgan fingerprint density at radius 3 is 2.54 bits per heavy atom. The Bertz CT molecular complexity index is 317. The Morgan fingerprint density at radius 2 is 2.15 bits per heavy atom. The van der Waals surface area contributed by atoms with Crippen LogP contribution in [-0.4, -0.2) is 15.6 Å². The molecule has 0 unspecified atom stereocenters. The highest BCUT2D eigenvalue weighted by Gasteiger charge is 2.15. The standard InChI is InChI=1S/C9H16N4/c1-9(2,3)8(10)12-7-5-11-13(4)6-7/h5-6H,1-4H3,(H2,10,12). The summed E-state index contributed by atoms with van der Waals surface area (Å²) in [5.41, 5.74) is 6.52. The zero-order valence-electron chi connectivity index (χ0n) is 8.57. The van der Waals surface area contributed by atoms with Crippen LogP contribution in [0.15, 0.2) is 17.4 Å². The van der Waals surface area contributed by atoms with Crippen molar-refractivity contribution < 1.29 is 0 Å². The molecule has 1 aromatic heterocycles. The number of aliphatic imine (C=N–C) groups is 1. The number of aryl methyl sites for hydroxylation is 1. The Kier molecular flexibility index (Phi) is 2.40. The molecule has 1 rings (SSSR count). The van der Waals surface area contributed by atoms with Crippen LogP contribution in [0.3, 0.4) is 0 Å². The van der Waals surface area contributed by atoms with Crippen molar-refractivity contribution in [3.05, 3.63) is 12.4 Å². The van der Waals surface area contributed by atoms with Gasteiger partial charge in [-0.25, -0.2) is 4.99 Å². The Labute approximate surface area is 78.5 Å². The first kappa shape index (κ1) is 9.77. The molecule has 13 heavy (non-hydrogen) atoms. The molecule has 0 aromatic carbocycles. The van der Waals surface area contributed by atoms with Gasteiger partial charge in [0.25, 0.3) is 0 Å². The molecule has 0 aliphatic rings. The van der Waals surface area contributed by atoms with Crippen LogP contribution in [-0.2, 0) is 7.05 Å². The predicted octanol–water partition coefficient (Wildman–Crippen LogP) is 1.45. The van der Waals surface area contributed by atoms with Crippen molar-refractivity contribution in [3.8, 4) is 0 Å². The van der Waals surface area contributed by atoms with Gasteiger partial charge in [-0.05, 0) is 0 Å². The molecule has 4 heteroatoms. The molecule has 72 valence electrons. The van der Waals surface area contributed by atoms with Crippen LogP contribution in [0.4, 0.5) is 5.69 Å². The zero-order chi connectivity index (χ0) is 10.1. The van der Waals surface area contributed by atoms with Crippen molar-refractivity contribution in [3.63, 3.8) is 0 Å². The van der Waals surface area contributed by atoms with Crippen LogP contribution < -0.4 is 5.73 Å². The van der Waals surface area contributed by atoms with E-state index in [1.54, 1.807) is 10.9 Å². The summed E-state index contributed by atoms with van der Waals surface area (Å²) in [5.74, 6) is 0.625. The van der Waals surface area contributed by atoms with E-state index in [0.29, 0.717) is 5.84 Å². The topological polar surface area (TPSA) is 56.2 Å². The molecule has 0 bridgehead atoms. The largest absolute Gasteiger partial charge is 0.387 e. The second kappa shape index (κ2) is 3.20. The lowest BCUT2D eigenvalue weighted by molar-refractivity contribution is 0.585. The number of rotatable bonds is 1. The summed E-state index contributed by atoms with van der Waals surface area (Å²) in [4.78, 5) is 4.26. The minimum absolute atomic E-state index is 0.0875. The predicted molar refractivity (Wildman–Crippen MR) is 53.9 cm³/mol. The Balaban J connectivity index is 2.89. The lowest BCUT2D eigenvalue weighted by atomic mass is 9.95. The lowest BCUT2D eigenvalue weighted by Crippen LogP contribution is -2.28. The van der Waals surface area contributed by atoms with Crippen LogP contribution >= 0.6 is 0 Å². The van der Waals surface area contributed by atoms with Gasteiger partial charge in [0.05, 0.1) is 12.4 Å².